The minimum absolute atomic E-state index is 0.143. The van der Waals surface area contributed by atoms with Gasteiger partial charge in [-0.25, -0.2) is 10.2 Å². The number of amides is 3. The largest absolute Gasteiger partial charge is 0.493 e. The SMILES string of the molecule is COc1cc(/C=N\NC(N)=O)cc(I)c1OCC(=O)NCc1ccccc1. The standard InChI is InChI=1S/C18H19IN4O4/c1-26-15-8-13(10-22-23-18(20)25)7-14(19)17(15)27-11-16(24)21-9-12-5-3-2-4-6-12/h2-8,10H,9,11H2,1H3,(H,21,24)(H3,20,23,25)/b22-10-. The van der Waals surface area contributed by atoms with Gasteiger partial charge in [0, 0.05) is 6.54 Å². The lowest BCUT2D eigenvalue weighted by Crippen LogP contribution is -2.28. The van der Waals surface area contributed by atoms with Crippen molar-refractivity contribution in [2.45, 2.75) is 6.54 Å². The average molecular weight is 482 g/mol. The molecule has 0 aliphatic heterocycles. The second-order valence-electron chi connectivity index (χ2n) is 5.32. The number of benzene rings is 2. The Morgan fingerprint density at radius 3 is 2.67 bits per heavy atom. The van der Waals surface area contributed by atoms with Gasteiger partial charge in [-0.2, -0.15) is 5.10 Å². The second-order valence-corrected chi connectivity index (χ2v) is 6.48. The predicted octanol–water partition coefficient (Wildman–Crippen LogP) is 2.00. The Balaban J connectivity index is 1.97. The van der Waals surface area contributed by atoms with Crippen LogP contribution in [0.5, 0.6) is 11.5 Å². The number of nitrogens with one attached hydrogen (secondary N) is 2. The lowest BCUT2D eigenvalue weighted by molar-refractivity contribution is -0.123. The Morgan fingerprint density at radius 2 is 2.00 bits per heavy atom. The Labute approximate surface area is 170 Å². The summed E-state index contributed by atoms with van der Waals surface area (Å²) in [6.45, 7) is 0.287. The van der Waals surface area contributed by atoms with E-state index >= 15 is 0 Å². The van der Waals surface area contributed by atoms with E-state index in [1.165, 1.54) is 13.3 Å². The van der Waals surface area contributed by atoms with Crippen molar-refractivity contribution in [1.82, 2.24) is 10.7 Å². The fourth-order valence-corrected chi connectivity index (χ4v) is 2.89. The van der Waals surface area contributed by atoms with Crippen LogP contribution >= 0.6 is 22.6 Å². The molecule has 8 nitrogen and oxygen atoms in total. The van der Waals surface area contributed by atoms with Crippen LogP contribution in [0, 0.1) is 3.57 Å². The van der Waals surface area contributed by atoms with E-state index in [0.29, 0.717) is 23.6 Å². The molecule has 2 rings (SSSR count). The van der Waals surface area contributed by atoms with Crippen LogP contribution in [-0.4, -0.2) is 31.9 Å². The molecule has 4 N–H and O–H groups in total. The summed E-state index contributed by atoms with van der Waals surface area (Å²) in [5, 5.41) is 6.50. The lowest BCUT2D eigenvalue weighted by Gasteiger charge is -2.13. The van der Waals surface area contributed by atoms with E-state index < -0.39 is 6.03 Å². The van der Waals surface area contributed by atoms with Crippen LogP contribution in [-0.2, 0) is 11.3 Å². The number of ether oxygens (including phenoxy) is 2. The molecule has 0 radical (unpaired) electrons. The van der Waals surface area contributed by atoms with Crippen LogP contribution in [0.4, 0.5) is 4.79 Å². The number of rotatable bonds is 8. The van der Waals surface area contributed by atoms with Gasteiger partial charge in [0.25, 0.3) is 5.91 Å². The average Bonchev–Trinajstić information content (AvgIpc) is 2.65. The van der Waals surface area contributed by atoms with Gasteiger partial charge in [0.2, 0.25) is 0 Å². The van der Waals surface area contributed by atoms with Crippen molar-refractivity contribution in [3.8, 4) is 11.5 Å². The number of carbonyl (C=O) groups is 2. The van der Waals surface area contributed by atoms with Gasteiger partial charge in [0.05, 0.1) is 16.9 Å². The first-order valence-corrected chi connectivity index (χ1v) is 8.97. The Kier molecular flexibility index (Phi) is 7.86. The molecule has 0 saturated heterocycles. The molecule has 0 heterocycles. The van der Waals surface area contributed by atoms with Gasteiger partial charge < -0.3 is 20.5 Å². The smallest absolute Gasteiger partial charge is 0.332 e. The normalized spacial score (nSPS) is 10.4. The molecule has 0 atom stereocenters. The van der Waals surface area contributed by atoms with Crippen LogP contribution in [0.3, 0.4) is 0 Å². The molecule has 0 fully saturated rings. The van der Waals surface area contributed by atoms with E-state index in [1.54, 1.807) is 12.1 Å². The van der Waals surface area contributed by atoms with Gasteiger partial charge in [-0.1, -0.05) is 30.3 Å². The first-order valence-electron chi connectivity index (χ1n) is 7.89. The van der Waals surface area contributed by atoms with E-state index in [4.69, 9.17) is 15.2 Å². The van der Waals surface area contributed by atoms with Crippen LogP contribution in [0.1, 0.15) is 11.1 Å². The Morgan fingerprint density at radius 1 is 1.26 bits per heavy atom. The fraction of sp³-hybridized carbons (Fsp3) is 0.167. The maximum absolute atomic E-state index is 12.0. The number of methoxy groups -OCH3 is 1. The van der Waals surface area contributed by atoms with Gasteiger partial charge in [-0.3, -0.25) is 4.79 Å². The number of nitrogens with zero attached hydrogens (tertiary/aromatic N) is 1. The summed E-state index contributed by atoms with van der Waals surface area (Å²) in [5.41, 5.74) is 8.74. The summed E-state index contributed by atoms with van der Waals surface area (Å²) in [6, 6.07) is 12.3. The molecule has 3 amide bonds. The topological polar surface area (TPSA) is 115 Å². The van der Waals surface area contributed by atoms with Gasteiger partial charge in [0.15, 0.2) is 18.1 Å². The minimum Gasteiger partial charge on any atom is -0.493 e. The van der Waals surface area contributed by atoms with Gasteiger partial charge in [-0.05, 0) is 45.9 Å². The molecule has 2 aromatic carbocycles. The molecule has 27 heavy (non-hydrogen) atoms. The molecule has 0 aliphatic carbocycles. The predicted molar refractivity (Wildman–Crippen MR) is 110 cm³/mol. The summed E-state index contributed by atoms with van der Waals surface area (Å²) in [7, 11) is 1.50. The number of hydrogen-bond donors (Lipinski definition) is 3. The minimum atomic E-state index is -0.755. The summed E-state index contributed by atoms with van der Waals surface area (Å²) in [4.78, 5) is 22.7. The second kappa shape index (κ2) is 10.4. The quantitative estimate of drug-likeness (QED) is 0.303. The summed E-state index contributed by atoms with van der Waals surface area (Å²) in [5.74, 6) is 0.652. The molecule has 0 bridgehead atoms. The maximum Gasteiger partial charge on any atom is 0.332 e. The Bertz CT molecular complexity index is 828. The van der Waals surface area contributed by atoms with Gasteiger partial charge in [-0.15, -0.1) is 0 Å². The lowest BCUT2D eigenvalue weighted by atomic mass is 10.2. The van der Waals surface area contributed by atoms with Crippen LogP contribution in [0.25, 0.3) is 0 Å². The van der Waals surface area contributed by atoms with Crippen molar-refractivity contribution in [2.75, 3.05) is 13.7 Å². The highest BCUT2D eigenvalue weighted by molar-refractivity contribution is 14.1. The van der Waals surface area contributed by atoms with E-state index in [2.05, 4.69) is 38.4 Å². The third kappa shape index (κ3) is 6.77. The molecule has 0 aliphatic rings. The molecule has 0 saturated carbocycles. The maximum atomic E-state index is 12.0. The number of hydrogen-bond acceptors (Lipinski definition) is 5. The first-order chi connectivity index (χ1) is 13.0. The van der Waals surface area contributed by atoms with Crippen molar-refractivity contribution in [3.63, 3.8) is 0 Å². The summed E-state index contributed by atoms with van der Waals surface area (Å²) >= 11 is 2.07. The highest BCUT2D eigenvalue weighted by atomic mass is 127. The zero-order valence-electron chi connectivity index (χ0n) is 14.6. The van der Waals surface area contributed by atoms with Gasteiger partial charge >= 0.3 is 6.03 Å². The van der Waals surface area contributed by atoms with Crippen LogP contribution < -0.4 is 25.9 Å². The molecule has 2 aromatic rings. The molecule has 9 heteroatoms. The Hall–Kier alpha value is -2.82. The van der Waals surface area contributed by atoms with Crippen molar-refractivity contribution in [1.29, 1.82) is 0 Å². The van der Waals surface area contributed by atoms with Crippen molar-refractivity contribution < 1.29 is 19.1 Å². The van der Waals surface area contributed by atoms with Crippen molar-refractivity contribution in [3.05, 3.63) is 57.2 Å². The number of hydrazone groups is 1. The number of nitrogens with two attached hydrogens (primary N) is 1. The monoisotopic (exact) mass is 482 g/mol. The van der Waals surface area contributed by atoms with E-state index in [1.807, 2.05) is 30.3 Å². The first kappa shape index (κ1) is 20.5. The molecule has 142 valence electrons. The number of carbonyl (C=O) groups excluding carboxylic acids is 2. The third-order valence-electron chi connectivity index (χ3n) is 3.32. The molecular formula is C18H19IN4O4. The van der Waals surface area contributed by atoms with E-state index in [0.717, 1.165) is 9.13 Å². The highest BCUT2D eigenvalue weighted by Gasteiger charge is 2.13. The van der Waals surface area contributed by atoms with E-state index in [-0.39, 0.29) is 12.5 Å². The number of primary amides is 1. The molecular weight excluding hydrogens is 463 g/mol. The summed E-state index contributed by atoms with van der Waals surface area (Å²) in [6.07, 6.45) is 1.42. The van der Waals surface area contributed by atoms with Crippen LogP contribution in [0.2, 0.25) is 0 Å². The third-order valence-corrected chi connectivity index (χ3v) is 4.12. The molecule has 0 unspecified atom stereocenters. The highest BCUT2D eigenvalue weighted by Crippen LogP contribution is 2.33. The van der Waals surface area contributed by atoms with Crippen molar-refractivity contribution >= 4 is 40.7 Å². The molecule has 0 aromatic heterocycles. The van der Waals surface area contributed by atoms with Crippen LogP contribution in [0.15, 0.2) is 47.6 Å². The van der Waals surface area contributed by atoms with E-state index in [9.17, 15) is 9.59 Å². The van der Waals surface area contributed by atoms with Gasteiger partial charge in [0.1, 0.15) is 0 Å². The number of urea groups is 1. The van der Waals surface area contributed by atoms with Crippen molar-refractivity contribution in [2.24, 2.45) is 10.8 Å². The zero-order chi connectivity index (χ0) is 19.6. The zero-order valence-corrected chi connectivity index (χ0v) is 16.7. The summed E-state index contributed by atoms with van der Waals surface area (Å²) < 4.78 is 11.7. The molecule has 0 spiro atoms. The fourth-order valence-electron chi connectivity index (χ4n) is 2.11. The number of halogens is 1.